The molecule has 0 aromatic heterocycles. The van der Waals surface area contributed by atoms with E-state index in [2.05, 4.69) is 10.6 Å². The standard InChI is InChI=1S/C19H22N2O3/c22-13-15-7-5-14(6-8-15)9-11-20-19(23)21-17-10-12-24-18-4-2-1-3-16(17)18/h1-8,17,22H,9-13H2,(H2,20,21,23). The van der Waals surface area contributed by atoms with E-state index in [1.807, 2.05) is 48.5 Å². The van der Waals surface area contributed by atoms with Gasteiger partial charge in [0.1, 0.15) is 5.75 Å². The van der Waals surface area contributed by atoms with Crippen LogP contribution in [0.2, 0.25) is 0 Å². The van der Waals surface area contributed by atoms with E-state index in [1.165, 1.54) is 0 Å². The zero-order chi connectivity index (χ0) is 16.8. The summed E-state index contributed by atoms with van der Waals surface area (Å²) < 4.78 is 5.60. The van der Waals surface area contributed by atoms with E-state index in [0.717, 1.165) is 35.3 Å². The minimum absolute atomic E-state index is 0.0150. The van der Waals surface area contributed by atoms with Gasteiger partial charge in [-0.1, -0.05) is 42.5 Å². The van der Waals surface area contributed by atoms with Gasteiger partial charge in [-0.15, -0.1) is 0 Å². The van der Waals surface area contributed by atoms with Gasteiger partial charge in [-0.05, 0) is 23.6 Å². The highest BCUT2D eigenvalue weighted by atomic mass is 16.5. The Morgan fingerprint density at radius 3 is 2.67 bits per heavy atom. The van der Waals surface area contributed by atoms with Crippen molar-refractivity contribution in [2.45, 2.75) is 25.5 Å². The number of ether oxygens (including phenoxy) is 1. The Morgan fingerprint density at radius 1 is 1.12 bits per heavy atom. The SMILES string of the molecule is O=C(NCCc1ccc(CO)cc1)NC1CCOc2ccccc21. The third kappa shape index (κ3) is 4.06. The third-order valence-electron chi connectivity index (χ3n) is 4.17. The van der Waals surface area contributed by atoms with Crippen LogP contribution in [0.15, 0.2) is 48.5 Å². The highest BCUT2D eigenvalue weighted by molar-refractivity contribution is 5.74. The number of nitrogens with one attached hydrogen (secondary N) is 2. The van der Waals surface area contributed by atoms with Crippen LogP contribution in [-0.2, 0) is 13.0 Å². The maximum Gasteiger partial charge on any atom is 0.315 e. The first kappa shape index (κ1) is 16.3. The van der Waals surface area contributed by atoms with Crippen molar-refractivity contribution in [3.63, 3.8) is 0 Å². The lowest BCUT2D eigenvalue weighted by Gasteiger charge is -2.26. The molecule has 2 aromatic carbocycles. The first-order valence-electron chi connectivity index (χ1n) is 8.21. The van der Waals surface area contributed by atoms with Gasteiger partial charge >= 0.3 is 6.03 Å². The molecule has 2 aromatic rings. The summed E-state index contributed by atoms with van der Waals surface area (Å²) in [7, 11) is 0. The molecule has 1 heterocycles. The third-order valence-corrected chi connectivity index (χ3v) is 4.17. The highest BCUT2D eigenvalue weighted by Crippen LogP contribution is 2.31. The van der Waals surface area contributed by atoms with Crippen LogP contribution in [0, 0.1) is 0 Å². The van der Waals surface area contributed by atoms with Gasteiger partial charge in [0.2, 0.25) is 0 Å². The van der Waals surface area contributed by atoms with E-state index < -0.39 is 0 Å². The molecule has 2 amide bonds. The minimum Gasteiger partial charge on any atom is -0.493 e. The molecule has 0 saturated heterocycles. The summed E-state index contributed by atoms with van der Waals surface area (Å²) in [6, 6.07) is 15.4. The number of carbonyl (C=O) groups excluding carboxylic acids is 1. The summed E-state index contributed by atoms with van der Waals surface area (Å²) in [6.45, 7) is 1.22. The van der Waals surface area contributed by atoms with E-state index >= 15 is 0 Å². The van der Waals surface area contributed by atoms with Crippen LogP contribution in [0.4, 0.5) is 4.79 Å². The van der Waals surface area contributed by atoms with Gasteiger partial charge in [0.05, 0.1) is 19.3 Å². The number of amides is 2. The number of aliphatic hydroxyl groups is 1. The average molecular weight is 326 g/mol. The predicted molar refractivity (Wildman–Crippen MR) is 91.9 cm³/mol. The molecule has 1 aliphatic heterocycles. The van der Waals surface area contributed by atoms with Crippen LogP contribution >= 0.6 is 0 Å². The average Bonchev–Trinajstić information content (AvgIpc) is 2.63. The van der Waals surface area contributed by atoms with Crippen molar-refractivity contribution in [1.82, 2.24) is 10.6 Å². The second-order valence-corrected chi connectivity index (χ2v) is 5.85. The molecule has 1 aliphatic rings. The Balaban J connectivity index is 1.48. The lowest BCUT2D eigenvalue weighted by atomic mass is 10.0. The van der Waals surface area contributed by atoms with Crippen molar-refractivity contribution in [3.05, 3.63) is 65.2 Å². The highest BCUT2D eigenvalue weighted by Gasteiger charge is 2.22. The normalized spacial score (nSPS) is 16.0. The lowest BCUT2D eigenvalue weighted by molar-refractivity contribution is 0.223. The number of benzene rings is 2. The minimum atomic E-state index is -0.163. The van der Waals surface area contributed by atoms with Gasteiger partial charge in [0, 0.05) is 18.5 Å². The maximum atomic E-state index is 12.1. The summed E-state index contributed by atoms with van der Waals surface area (Å²) in [4.78, 5) is 12.1. The molecule has 0 saturated carbocycles. The van der Waals surface area contributed by atoms with Crippen LogP contribution in [-0.4, -0.2) is 24.3 Å². The lowest BCUT2D eigenvalue weighted by Crippen LogP contribution is -2.40. The van der Waals surface area contributed by atoms with Crippen molar-refractivity contribution in [3.8, 4) is 5.75 Å². The topological polar surface area (TPSA) is 70.6 Å². The molecule has 0 fully saturated rings. The molecule has 5 heteroatoms. The molecular formula is C19H22N2O3. The first-order valence-corrected chi connectivity index (χ1v) is 8.21. The molecule has 126 valence electrons. The molecule has 0 radical (unpaired) electrons. The number of hydrogen-bond donors (Lipinski definition) is 3. The van der Waals surface area contributed by atoms with Gasteiger partial charge in [0.15, 0.2) is 0 Å². The summed E-state index contributed by atoms with van der Waals surface area (Å²) in [6.07, 6.45) is 1.52. The molecule has 3 N–H and O–H groups in total. The Labute approximate surface area is 141 Å². The fourth-order valence-electron chi connectivity index (χ4n) is 2.83. The Morgan fingerprint density at radius 2 is 1.88 bits per heavy atom. The first-order chi connectivity index (χ1) is 11.8. The van der Waals surface area contributed by atoms with Gasteiger partial charge < -0.3 is 20.5 Å². The molecule has 0 bridgehead atoms. The second-order valence-electron chi connectivity index (χ2n) is 5.85. The summed E-state index contributed by atoms with van der Waals surface area (Å²) in [5.74, 6) is 0.845. The molecule has 24 heavy (non-hydrogen) atoms. The fraction of sp³-hybridized carbons (Fsp3) is 0.316. The van der Waals surface area contributed by atoms with Crippen molar-refractivity contribution in [1.29, 1.82) is 0 Å². The maximum absolute atomic E-state index is 12.1. The van der Waals surface area contributed by atoms with E-state index in [1.54, 1.807) is 0 Å². The van der Waals surface area contributed by atoms with Gasteiger partial charge in [0.25, 0.3) is 0 Å². The monoisotopic (exact) mass is 326 g/mol. The number of carbonyl (C=O) groups is 1. The number of urea groups is 1. The zero-order valence-electron chi connectivity index (χ0n) is 13.5. The molecule has 1 unspecified atom stereocenters. The molecule has 5 nitrogen and oxygen atoms in total. The predicted octanol–water partition coefficient (Wildman–Crippen LogP) is 2.54. The van der Waals surface area contributed by atoms with Crippen LogP contribution in [0.1, 0.15) is 29.2 Å². The smallest absolute Gasteiger partial charge is 0.315 e. The van der Waals surface area contributed by atoms with Gasteiger partial charge in [-0.25, -0.2) is 4.79 Å². The molecular weight excluding hydrogens is 304 g/mol. The molecule has 0 spiro atoms. The van der Waals surface area contributed by atoms with Crippen molar-refractivity contribution >= 4 is 6.03 Å². The summed E-state index contributed by atoms with van der Waals surface area (Å²) >= 11 is 0. The summed E-state index contributed by atoms with van der Waals surface area (Å²) in [5.41, 5.74) is 3.05. The molecule has 0 aliphatic carbocycles. The van der Waals surface area contributed by atoms with Gasteiger partial charge in [-0.3, -0.25) is 0 Å². The zero-order valence-corrected chi connectivity index (χ0v) is 13.5. The number of hydrogen-bond acceptors (Lipinski definition) is 3. The number of aliphatic hydroxyl groups excluding tert-OH is 1. The van der Waals surface area contributed by atoms with E-state index in [9.17, 15) is 4.79 Å². The van der Waals surface area contributed by atoms with E-state index in [-0.39, 0.29) is 18.7 Å². The number of para-hydroxylation sites is 1. The second kappa shape index (κ2) is 7.84. The van der Waals surface area contributed by atoms with Crippen LogP contribution in [0.25, 0.3) is 0 Å². The van der Waals surface area contributed by atoms with Crippen molar-refractivity contribution in [2.75, 3.05) is 13.2 Å². The quantitative estimate of drug-likeness (QED) is 0.791. The number of fused-ring (bicyclic) bond motifs is 1. The molecule has 1 atom stereocenters. The molecule has 3 rings (SSSR count). The van der Waals surface area contributed by atoms with Crippen LogP contribution in [0.5, 0.6) is 5.75 Å². The van der Waals surface area contributed by atoms with E-state index in [0.29, 0.717) is 13.2 Å². The Hall–Kier alpha value is -2.53. The fourth-order valence-corrected chi connectivity index (χ4v) is 2.83. The van der Waals surface area contributed by atoms with Crippen LogP contribution in [0.3, 0.4) is 0 Å². The Kier molecular flexibility index (Phi) is 5.33. The Bertz CT molecular complexity index is 685. The summed E-state index contributed by atoms with van der Waals surface area (Å²) in [5, 5.41) is 14.9. The van der Waals surface area contributed by atoms with Crippen molar-refractivity contribution in [2.24, 2.45) is 0 Å². The van der Waals surface area contributed by atoms with Crippen molar-refractivity contribution < 1.29 is 14.6 Å². The van der Waals surface area contributed by atoms with Crippen LogP contribution < -0.4 is 15.4 Å². The van der Waals surface area contributed by atoms with Gasteiger partial charge in [-0.2, -0.15) is 0 Å². The number of rotatable bonds is 5. The largest absolute Gasteiger partial charge is 0.493 e. The van der Waals surface area contributed by atoms with E-state index in [4.69, 9.17) is 9.84 Å².